The zero-order valence-electron chi connectivity index (χ0n) is 22.7. The van der Waals surface area contributed by atoms with Gasteiger partial charge in [-0.25, -0.2) is 0 Å². The largest absolute Gasteiger partial charge is 0.491 e. The molecular formula is C29H48O4. The van der Waals surface area contributed by atoms with E-state index in [1.54, 1.807) is 0 Å². The maximum atomic E-state index is 5.72. The molecule has 2 aliphatic heterocycles. The van der Waals surface area contributed by atoms with Crippen LogP contribution in [0.25, 0.3) is 0 Å². The van der Waals surface area contributed by atoms with Gasteiger partial charge in [0.15, 0.2) is 0 Å². The molecule has 4 nitrogen and oxygen atoms in total. The topological polar surface area (TPSA) is 43.5 Å². The number of rotatable bonds is 8. The molecule has 0 bridgehead atoms. The number of hydrogen-bond acceptors (Lipinski definition) is 4. The van der Waals surface area contributed by atoms with Crippen molar-refractivity contribution in [3.8, 4) is 11.5 Å². The highest BCUT2D eigenvalue weighted by Gasteiger charge is 2.25. The van der Waals surface area contributed by atoms with Crippen molar-refractivity contribution in [2.75, 3.05) is 26.4 Å². The van der Waals surface area contributed by atoms with E-state index >= 15 is 0 Å². The van der Waals surface area contributed by atoms with E-state index in [2.05, 4.69) is 38.1 Å². The Balaban J connectivity index is 0.00000116. The van der Waals surface area contributed by atoms with Crippen LogP contribution in [-0.4, -0.2) is 38.6 Å². The lowest BCUT2D eigenvalue weighted by Crippen LogP contribution is -2.18. The minimum atomic E-state index is -0.0870. The Morgan fingerprint density at radius 2 is 0.879 bits per heavy atom. The van der Waals surface area contributed by atoms with Gasteiger partial charge < -0.3 is 18.9 Å². The fraction of sp³-hybridized carbons (Fsp3) is 0.586. The number of ether oxygens (including phenoxy) is 4. The van der Waals surface area contributed by atoms with E-state index in [0.29, 0.717) is 13.2 Å². The van der Waals surface area contributed by atoms with Crippen LogP contribution in [0.15, 0.2) is 48.5 Å². The molecule has 0 saturated carbocycles. The maximum absolute atomic E-state index is 5.72. The van der Waals surface area contributed by atoms with Crippen molar-refractivity contribution in [2.24, 2.45) is 0 Å². The first-order valence-electron chi connectivity index (χ1n) is 12.8. The zero-order chi connectivity index (χ0) is 25.3. The van der Waals surface area contributed by atoms with Crippen molar-refractivity contribution in [1.29, 1.82) is 0 Å². The molecule has 2 aromatic carbocycles. The number of epoxide rings is 2. The molecule has 2 aromatic rings. The lowest BCUT2D eigenvalue weighted by Gasteiger charge is -2.26. The summed E-state index contributed by atoms with van der Waals surface area (Å²) in [5.74, 6) is 1.78. The maximum Gasteiger partial charge on any atom is 0.119 e. The molecule has 2 atom stereocenters. The average Bonchev–Trinajstić information content (AvgIpc) is 3.82. The fourth-order valence-corrected chi connectivity index (χ4v) is 2.81. The number of benzene rings is 2. The predicted octanol–water partition coefficient (Wildman–Crippen LogP) is 7.67. The monoisotopic (exact) mass is 460 g/mol. The molecule has 2 fully saturated rings. The Hall–Kier alpha value is -2.04. The zero-order valence-corrected chi connectivity index (χ0v) is 22.7. The van der Waals surface area contributed by atoms with Crippen LogP contribution in [0, 0.1) is 0 Å². The highest BCUT2D eigenvalue weighted by Crippen LogP contribution is 2.33. The van der Waals surface area contributed by atoms with E-state index < -0.39 is 0 Å². The standard InChI is InChI=1S/C21H24O4.4C2H6/c1-21(2,15-3-7-17(8-4-15)22-11-19-13-24-19)16-5-9-18(10-6-16)23-12-20-14-25-20;4*1-2/h3-10,19-20H,11-14H2,1-2H3;4*1-2H3. The van der Waals surface area contributed by atoms with Gasteiger partial charge in [-0.2, -0.15) is 0 Å². The summed E-state index contributed by atoms with van der Waals surface area (Å²) in [5, 5.41) is 0. The summed E-state index contributed by atoms with van der Waals surface area (Å²) >= 11 is 0. The van der Waals surface area contributed by atoms with E-state index in [9.17, 15) is 0 Å². The van der Waals surface area contributed by atoms with E-state index in [1.807, 2.05) is 79.7 Å². The molecule has 4 rings (SSSR count). The molecule has 0 N–H and O–H groups in total. The molecule has 0 amide bonds. The summed E-state index contributed by atoms with van der Waals surface area (Å²) in [5.41, 5.74) is 2.42. The van der Waals surface area contributed by atoms with Gasteiger partial charge >= 0.3 is 0 Å². The highest BCUT2D eigenvalue weighted by atomic mass is 16.6. The second-order valence-corrected chi connectivity index (χ2v) is 7.21. The van der Waals surface area contributed by atoms with Gasteiger partial charge in [0, 0.05) is 5.41 Å². The summed E-state index contributed by atoms with van der Waals surface area (Å²) in [4.78, 5) is 0. The molecule has 4 heteroatoms. The van der Waals surface area contributed by atoms with Crippen molar-refractivity contribution >= 4 is 0 Å². The van der Waals surface area contributed by atoms with E-state index in [-0.39, 0.29) is 17.6 Å². The van der Waals surface area contributed by atoms with Gasteiger partial charge in [-0.15, -0.1) is 0 Å². The van der Waals surface area contributed by atoms with Gasteiger partial charge in [0.05, 0.1) is 13.2 Å². The minimum Gasteiger partial charge on any atom is -0.491 e. The highest BCUT2D eigenvalue weighted by molar-refractivity contribution is 5.41. The quantitative estimate of drug-likeness (QED) is 0.379. The third-order valence-corrected chi connectivity index (χ3v) is 4.83. The van der Waals surface area contributed by atoms with Crippen molar-refractivity contribution in [3.05, 3.63) is 59.7 Å². The van der Waals surface area contributed by atoms with Crippen LogP contribution in [0.4, 0.5) is 0 Å². The van der Waals surface area contributed by atoms with E-state index in [1.165, 1.54) is 11.1 Å². The summed E-state index contributed by atoms with van der Waals surface area (Å²) in [6.07, 6.45) is 0.562. The second kappa shape index (κ2) is 17.4. The Kier molecular flexibility index (Phi) is 16.4. The summed E-state index contributed by atoms with van der Waals surface area (Å²) < 4.78 is 21.8. The fourth-order valence-electron chi connectivity index (χ4n) is 2.81. The molecule has 2 unspecified atom stereocenters. The Morgan fingerprint density at radius 3 is 1.12 bits per heavy atom. The lowest BCUT2D eigenvalue weighted by molar-refractivity contribution is 0.263. The van der Waals surface area contributed by atoms with Crippen LogP contribution in [0.5, 0.6) is 11.5 Å². The van der Waals surface area contributed by atoms with Crippen LogP contribution in [-0.2, 0) is 14.9 Å². The molecular weight excluding hydrogens is 412 g/mol. The molecule has 33 heavy (non-hydrogen) atoms. The van der Waals surface area contributed by atoms with Gasteiger partial charge in [-0.3, -0.25) is 0 Å². The van der Waals surface area contributed by atoms with Crippen LogP contribution in [0.2, 0.25) is 0 Å². The van der Waals surface area contributed by atoms with E-state index in [0.717, 1.165) is 24.7 Å². The van der Waals surface area contributed by atoms with Crippen molar-refractivity contribution < 1.29 is 18.9 Å². The predicted molar refractivity (Wildman–Crippen MR) is 141 cm³/mol. The van der Waals surface area contributed by atoms with Gasteiger partial charge in [0.1, 0.15) is 36.9 Å². The van der Waals surface area contributed by atoms with Crippen molar-refractivity contribution in [2.45, 2.75) is 86.9 Å². The molecule has 2 saturated heterocycles. The van der Waals surface area contributed by atoms with Crippen molar-refractivity contribution in [1.82, 2.24) is 0 Å². The summed E-state index contributed by atoms with van der Waals surface area (Å²) in [7, 11) is 0. The summed E-state index contributed by atoms with van der Waals surface area (Å²) in [6, 6.07) is 16.7. The third kappa shape index (κ3) is 11.1. The second-order valence-electron chi connectivity index (χ2n) is 7.21. The molecule has 2 aliphatic rings. The summed E-state index contributed by atoms with van der Waals surface area (Å²) in [6.45, 7) is 23.4. The third-order valence-electron chi connectivity index (χ3n) is 4.83. The molecule has 0 radical (unpaired) electrons. The Bertz CT molecular complexity index is 638. The van der Waals surface area contributed by atoms with E-state index in [4.69, 9.17) is 18.9 Å². The minimum absolute atomic E-state index is 0.0870. The van der Waals surface area contributed by atoms with Gasteiger partial charge in [0.25, 0.3) is 0 Å². The first-order chi connectivity index (χ1) is 16.1. The first-order valence-corrected chi connectivity index (χ1v) is 12.8. The molecule has 0 aromatic heterocycles. The normalized spacial score (nSPS) is 17.2. The smallest absolute Gasteiger partial charge is 0.119 e. The van der Waals surface area contributed by atoms with Crippen LogP contribution >= 0.6 is 0 Å². The van der Waals surface area contributed by atoms with Gasteiger partial charge in [0.2, 0.25) is 0 Å². The molecule has 0 spiro atoms. The Morgan fingerprint density at radius 1 is 0.606 bits per heavy atom. The van der Waals surface area contributed by atoms with Crippen LogP contribution in [0.3, 0.4) is 0 Å². The molecule has 2 heterocycles. The SMILES string of the molecule is CC.CC.CC.CC.CC(C)(c1ccc(OCC2CO2)cc1)c1ccc(OCC2CO2)cc1. The van der Waals surface area contributed by atoms with Gasteiger partial charge in [-0.1, -0.05) is 93.5 Å². The molecule has 188 valence electrons. The Labute approximate surface area is 203 Å². The van der Waals surface area contributed by atoms with Gasteiger partial charge in [-0.05, 0) is 35.4 Å². The number of hydrogen-bond donors (Lipinski definition) is 0. The molecule has 0 aliphatic carbocycles. The lowest BCUT2D eigenvalue weighted by atomic mass is 9.78. The van der Waals surface area contributed by atoms with Crippen LogP contribution in [0.1, 0.15) is 80.4 Å². The average molecular weight is 461 g/mol. The van der Waals surface area contributed by atoms with Crippen molar-refractivity contribution in [3.63, 3.8) is 0 Å². The first kappa shape index (κ1) is 31.0. The van der Waals surface area contributed by atoms with Crippen LogP contribution < -0.4 is 9.47 Å².